The van der Waals surface area contributed by atoms with Gasteiger partial charge in [-0.25, -0.2) is 0 Å². The standard InChI is InChI=1S/C20H38N/c1-6-7-8-9-10-21(4,5)20-13-17-11-18(2,15-20)14-19(3,12-17)16-20/h17H,6-16H2,1-5H3/q+1. The molecule has 4 aliphatic carbocycles. The van der Waals surface area contributed by atoms with Crippen LogP contribution in [0.15, 0.2) is 0 Å². The zero-order chi connectivity index (χ0) is 15.4. The zero-order valence-electron chi connectivity index (χ0n) is 15.3. The van der Waals surface area contributed by atoms with Crippen LogP contribution in [0.4, 0.5) is 0 Å². The van der Waals surface area contributed by atoms with Gasteiger partial charge in [-0.05, 0) is 48.9 Å². The molecule has 122 valence electrons. The van der Waals surface area contributed by atoms with E-state index in [1.165, 1.54) is 75.2 Å². The normalized spacial score (nSPS) is 45.3. The van der Waals surface area contributed by atoms with Crippen LogP contribution < -0.4 is 0 Å². The average molecular weight is 293 g/mol. The minimum Gasteiger partial charge on any atom is -0.324 e. The van der Waals surface area contributed by atoms with E-state index in [-0.39, 0.29) is 0 Å². The largest absolute Gasteiger partial charge is 0.324 e. The van der Waals surface area contributed by atoms with Crippen LogP contribution in [-0.2, 0) is 0 Å². The summed E-state index contributed by atoms with van der Waals surface area (Å²) in [5, 5.41) is 0. The summed E-state index contributed by atoms with van der Waals surface area (Å²) >= 11 is 0. The molecular weight excluding hydrogens is 254 g/mol. The van der Waals surface area contributed by atoms with Gasteiger partial charge in [0, 0.05) is 19.3 Å². The van der Waals surface area contributed by atoms with E-state index < -0.39 is 0 Å². The predicted molar refractivity (Wildman–Crippen MR) is 91.3 cm³/mol. The average Bonchev–Trinajstić information content (AvgIpc) is 2.30. The van der Waals surface area contributed by atoms with Crippen molar-refractivity contribution in [2.45, 2.75) is 90.5 Å². The summed E-state index contributed by atoms with van der Waals surface area (Å²) in [4.78, 5) is 0. The molecule has 1 nitrogen and oxygen atoms in total. The number of unbranched alkanes of at least 4 members (excludes halogenated alkanes) is 3. The third kappa shape index (κ3) is 2.69. The minimum absolute atomic E-state index is 0.606. The summed E-state index contributed by atoms with van der Waals surface area (Å²) in [6.07, 6.45) is 14.8. The highest BCUT2D eigenvalue weighted by Crippen LogP contribution is 2.68. The van der Waals surface area contributed by atoms with Gasteiger partial charge < -0.3 is 4.48 Å². The lowest BCUT2D eigenvalue weighted by Crippen LogP contribution is -2.70. The Labute approximate surface area is 133 Å². The van der Waals surface area contributed by atoms with Gasteiger partial charge in [-0.3, -0.25) is 0 Å². The summed E-state index contributed by atoms with van der Waals surface area (Å²) in [6.45, 7) is 8.95. The second-order valence-electron chi connectivity index (χ2n) is 10.3. The van der Waals surface area contributed by atoms with Gasteiger partial charge in [0.05, 0.1) is 20.6 Å². The molecule has 0 heterocycles. The maximum atomic E-state index is 2.61. The first-order valence-corrected chi connectivity index (χ1v) is 9.55. The van der Waals surface area contributed by atoms with E-state index in [9.17, 15) is 0 Å². The number of hydrogen-bond acceptors (Lipinski definition) is 0. The molecule has 0 radical (unpaired) electrons. The number of hydrogen-bond donors (Lipinski definition) is 0. The van der Waals surface area contributed by atoms with Crippen LogP contribution in [0.25, 0.3) is 0 Å². The van der Waals surface area contributed by atoms with Crippen molar-refractivity contribution < 1.29 is 4.48 Å². The van der Waals surface area contributed by atoms with Crippen molar-refractivity contribution in [3.63, 3.8) is 0 Å². The quantitative estimate of drug-likeness (QED) is 0.454. The second-order valence-corrected chi connectivity index (χ2v) is 10.3. The summed E-state index contributed by atoms with van der Waals surface area (Å²) < 4.78 is 1.30. The molecule has 0 aromatic rings. The molecule has 0 aromatic heterocycles. The molecule has 0 N–H and O–H groups in total. The Morgan fingerprint density at radius 2 is 1.48 bits per heavy atom. The highest BCUT2D eigenvalue weighted by Gasteiger charge is 2.65. The Hall–Kier alpha value is -0.0400. The van der Waals surface area contributed by atoms with E-state index in [1.54, 1.807) is 0 Å². The first-order chi connectivity index (χ1) is 9.72. The van der Waals surface area contributed by atoms with Crippen molar-refractivity contribution >= 4 is 0 Å². The zero-order valence-corrected chi connectivity index (χ0v) is 15.3. The lowest BCUT2D eigenvalue weighted by molar-refractivity contribution is -0.949. The van der Waals surface area contributed by atoms with Gasteiger partial charge in [0.1, 0.15) is 5.54 Å². The van der Waals surface area contributed by atoms with Crippen LogP contribution in [0.5, 0.6) is 0 Å². The molecule has 4 fully saturated rings. The number of rotatable bonds is 6. The fraction of sp³-hybridized carbons (Fsp3) is 1.00. The van der Waals surface area contributed by atoms with Crippen LogP contribution in [0.2, 0.25) is 0 Å². The molecule has 4 bridgehead atoms. The molecule has 0 aliphatic heterocycles. The van der Waals surface area contributed by atoms with Gasteiger partial charge in [0.2, 0.25) is 0 Å². The van der Waals surface area contributed by atoms with Gasteiger partial charge >= 0.3 is 0 Å². The predicted octanol–water partition coefficient (Wildman–Crippen LogP) is 5.39. The second kappa shape index (κ2) is 4.98. The third-order valence-electron chi connectivity index (χ3n) is 7.45. The topological polar surface area (TPSA) is 0 Å². The summed E-state index contributed by atoms with van der Waals surface area (Å²) in [5.74, 6) is 1.03. The molecule has 4 rings (SSSR count). The van der Waals surface area contributed by atoms with Crippen molar-refractivity contribution in [1.82, 2.24) is 0 Å². The minimum atomic E-state index is 0.606. The van der Waals surface area contributed by atoms with Crippen molar-refractivity contribution in [1.29, 1.82) is 0 Å². The lowest BCUT2D eigenvalue weighted by atomic mass is 9.42. The van der Waals surface area contributed by atoms with E-state index in [0.29, 0.717) is 16.4 Å². The smallest absolute Gasteiger partial charge is 0.100 e. The molecule has 0 aromatic carbocycles. The molecule has 4 aliphatic rings. The van der Waals surface area contributed by atoms with E-state index >= 15 is 0 Å². The van der Waals surface area contributed by atoms with Crippen LogP contribution in [0.1, 0.15) is 85.0 Å². The SMILES string of the molecule is CCCCCC[N+](C)(C)C12CC3CC(C)(CC(C)(C3)C1)C2. The molecule has 4 saturated carbocycles. The lowest BCUT2D eigenvalue weighted by Gasteiger charge is -2.68. The first kappa shape index (κ1) is 15.8. The van der Waals surface area contributed by atoms with Gasteiger partial charge in [-0.15, -0.1) is 0 Å². The Bertz CT molecular complexity index is 379. The molecule has 21 heavy (non-hydrogen) atoms. The Balaban J connectivity index is 1.77. The molecule has 1 heteroatoms. The molecule has 0 spiro atoms. The Morgan fingerprint density at radius 3 is 2.00 bits per heavy atom. The maximum Gasteiger partial charge on any atom is 0.100 e. The van der Waals surface area contributed by atoms with Crippen LogP contribution in [0, 0.1) is 16.7 Å². The van der Waals surface area contributed by atoms with E-state index in [2.05, 4.69) is 34.9 Å². The fourth-order valence-electron chi connectivity index (χ4n) is 7.23. The molecular formula is C20H38N+. The van der Waals surface area contributed by atoms with E-state index in [0.717, 1.165) is 5.92 Å². The molecule has 2 atom stereocenters. The van der Waals surface area contributed by atoms with Crippen molar-refractivity contribution in [2.24, 2.45) is 16.7 Å². The number of quaternary nitrogens is 1. The molecule has 2 unspecified atom stereocenters. The number of nitrogens with zero attached hydrogens (tertiary/aromatic N) is 1. The van der Waals surface area contributed by atoms with Crippen molar-refractivity contribution in [3.8, 4) is 0 Å². The van der Waals surface area contributed by atoms with Crippen molar-refractivity contribution in [2.75, 3.05) is 20.6 Å². The highest BCUT2D eigenvalue weighted by molar-refractivity contribution is 5.11. The Morgan fingerprint density at radius 1 is 0.857 bits per heavy atom. The van der Waals surface area contributed by atoms with E-state index in [1.807, 2.05) is 0 Å². The van der Waals surface area contributed by atoms with Crippen LogP contribution >= 0.6 is 0 Å². The van der Waals surface area contributed by atoms with E-state index in [4.69, 9.17) is 0 Å². The van der Waals surface area contributed by atoms with Gasteiger partial charge in [-0.1, -0.05) is 33.6 Å². The third-order valence-corrected chi connectivity index (χ3v) is 7.45. The fourth-order valence-corrected chi connectivity index (χ4v) is 7.23. The van der Waals surface area contributed by atoms with Crippen molar-refractivity contribution in [3.05, 3.63) is 0 Å². The first-order valence-electron chi connectivity index (χ1n) is 9.55. The maximum absolute atomic E-state index is 2.61. The highest BCUT2D eigenvalue weighted by atomic mass is 15.4. The van der Waals surface area contributed by atoms with Crippen LogP contribution in [0.3, 0.4) is 0 Å². The van der Waals surface area contributed by atoms with Gasteiger partial charge in [0.25, 0.3) is 0 Å². The molecule has 0 saturated heterocycles. The summed E-state index contributed by atoms with van der Waals surface area (Å²) in [5.41, 5.74) is 1.93. The molecule has 0 amide bonds. The Kier molecular flexibility index (Phi) is 3.76. The van der Waals surface area contributed by atoms with Gasteiger partial charge in [0.15, 0.2) is 0 Å². The monoisotopic (exact) mass is 292 g/mol. The van der Waals surface area contributed by atoms with Gasteiger partial charge in [-0.2, -0.15) is 0 Å². The summed E-state index contributed by atoms with van der Waals surface area (Å²) in [7, 11) is 5.12. The summed E-state index contributed by atoms with van der Waals surface area (Å²) in [6, 6.07) is 0. The van der Waals surface area contributed by atoms with Crippen LogP contribution in [-0.4, -0.2) is 30.7 Å².